The molecule has 3 rings (SSSR count). The number of alkyl halides is 1. The van der Waals surface area contributed by atoms with E-state index >= 15 is 0 Å². The third kappa shape index (κ3) is 2.74. The molecule has 1 aromatic heterocycles. The number of nitrogens with zero attached hydrogens (tertiary/aromatic N) is 2. The fourth-order valence-corrected chi connectivity index (χ4v) is 3.51. The van der Waals surface area contributed by atoms with E-state index in [9.17, 15) is 0 Å². The van der Waals surface area contributed by atoms with E-state index in [1.54, 1.807) is 0 Å². The molecule has 1 aromatic carbocycles. The van der Waals surface area contributed by atoms with Crippen LogP contribution < -0.4 is 0 Å². The molecule has 0 spiro atoms. The first kappa shape index (κ1) is 14.4. The summed E-state index contributed by atoms with van der Waals surface area (Å²) in [6.07, 6.45) is 3.19. The van der Waals surface area contributed by atoms with Gasteiger partial charge >= 0.3 is 0 Å². The second kappa shape index (κ2) is 6.04. The van der Waals surface area contributed by atoms with Crippen molar-refractivity contribution in [3.8, 4) is 0 Å². The van der Waals surface area contributed by atoms with Gasteiger partial charge in [-0.1, -0.05) is 15.9 Å². The van der Waals surface area contributed by atoms with Gasteiger partial charge in [0.25, 0.3) is 0 Å². The van der Waals surface area contributed by atoms with E-state index < -0.39 is 0 Å². The van der Waals surface area contributed by atoms with Gasteiger partial charge in [0.1, 0.15) is 5.82 Å². The van der Waals surface area contributed by atoms with Crippen LogP contribution in [0.3, 0.4) is 0 Å². The average molecular weight is 358 g/mol. The lowest BCUT2D eigenvalue weighted by molar-refractivity contribution is 0.00625. The zero-order valence-electron chi connectivity index (χ0n) is 11.5. The van der Waals surface area contributed by atoms with Crippen LogP contribution in [0.4, 0.5) is 0 Å². The average Bonchev–Trinajstić information content (AvgIpc) is 2.76. The quantitative estimate of drug-likeness (QED) is 0.765. The van der Waals surface area contributed by atoms with Crippen molar-refractivity contribution >= 4 is 38.6 Å². The van der Waals surface area contributed by atoms with Gasteiger partial charge in [-0.25, -0.2) is 4.98 Å². The molecule has 2 atom stereocenters. The van der Waals surface area contributed by atoms with Gasteiger partial charge in [-0.3, -0.25) is 0 Å². The van der Waals surface area contributed by atoms with Gasteiger partial charge in [0, 0.05) is 29.4 Å². The molecule has 2 aromatic rings. The number of imidazole rings is 1. The molecule has 1 fully saturated rings. The Morgan fingerprint density at radius 2 is 2.35 bits per heavy atom. The SMILES string of the molecule is CC1CC(n2c(CCCl)nc3ccc(Br)cc32)CCO1. The number of halogens is 2. The van der Waals surface area contributed by atoms with Crippen LogP contribution in [0.1, 0.15) is 31.6 Å². The summed E-state index contributed by atoms with van der Waals surface area (Å²) < 4.78 is 9.14. The van der Waals surface area contributed by atoms with E-state index in [0.29, 0.717) is 18.0 Å². The van der Waals surface area contributed by atoms with E-state index in [-0.39, 0.29) is 0 Å². The van der Waals surface area contributed by atoms with Gasteiger partial charge in [-0.2, -0.15) is 0 Å². The number of aryl methyl sites for hydroxylation is 1. The molecule has 0 aliphatic carbocycles. The summed E-state index contributed by atoms with van der Waals surface area (Å²) in [5.41, 5.74) is 2.24. The Morgan fingerprint density at radius 3 is 3.10 bits per heavy atom. The highest BCUT2D eigenvalue weighted by Crippen LogP contribution is 2.31. The highest BCUT2D eigenvalue weighted by Gasteiger charge is 2.24. The van der Waals surface area contributed by atoms with Crippen LogP contribution in [0.2, 0.25) is 0 Å². The minimum absolute atomic E-state index is 0.308. The van der Waals surface area contributed by atoms with Gasteiger partial charge < -0.3 is 9.30 Å². The van der Waals surface area contributed by atoms with Crippen LogP contribution in [0.25, 0.3) is 11.0 Å². The number of fused-ring (bicyclic) bond motifs is 1. The standard InChI is InChI=1S/C15H18BrClN2O/c1-10-8-12(5-7-20-10)19-14-9-11(16)2-3-13(14)18-15(19)4-6-17/h2-3,9-10,12H,4-8H2,1H3. The second-order valence-electron chi connectivity index (χ2n) is 5.33. The molecule has 20 heavy (non-hydrogen) atoms. The monoisotopic (exact) mass is 356 g/mol. The Labute approximate surface area is 132 Å². The van der Waals surface area contributed by atoms with E-state index in [1.807, 2.05) is 6.07 Å². The molecule has 2 unspecified atom stereocenters. The fraction of sp³-hybridized carbons (Fsp3) is 0.533. The summed E-state index contributed by atoms with van der Waals surface area (Å²) >= 11 is 9.51. The molecule has 108 valence electrons. The minimum Gasteiger partial charge on any atom is -0.378 e. The third-order valence-corrected chi connectivity index (χ3v) is 4.55. The molecular weight excluding hydrogens is 340 g/mol. The van der Waals surface area contributed by atoms with Crippen LogP contribution in [-0.4, -0.2) is 28.1 Å². The second-order valence-corrected chi connectivity index (χ2v) is 6.62. The first-order valence-corrected chi connectivity index (χ1v) is 8.35. The third-order valence-electron chi connectivity index (χ3n) is 3.87. The largest absolute Gasteiger partial charge is 0.378 e. The molecule has 0 saturated carbocycles. The number of ether oxygens (including phenoxy) is 1. The molecule has 0 bridgehead atoms. The van der Waals surface area contributed by atoms with E-state index in [2.05, 4.69) is 39.6 Å². The topological polar surface area (TPSA) is 27.1 Å². The number of aromatic nitrogens is 2. The van der Waals surface area contributed by atoms with Crippen molar-refractivity contribution in [2.75, 3.05) is 12.5 Å². The number of rotatable bonds is 3. The summed E-state index contributed by atoms with van der Waals surface area (Å²) in [6.45, 7) is 2.96. The van der Waals surface area contributed by atoms with Gasteiger partial charge in [0.15, 0.2) is 0 Å². The van der Waals surface area contributed by atoms with Gasteiger partial charge in [0.05, 0.1) is 17.1 Å². The Balaban J connectivity index is 2.09. The predicted molar refractivity (Wildman–Crippen MR) is 85.5 cm³/mol. The molecule has 0 amide bonds. The van der Waals surface area contributed by atoms with Crippen molar-refractivity contribution in [1.82, 2.24) is 9.55 Å². The molecule has 3 nitrogen and oxygen atoms in total. The predicted octanol–water partition coefficient (Wildman–Crippen LogP) is 4.32. The Morgan fingerprint density at radius 1 is 1.50 bits per heavy atom. The van der Waals surface area contributed by atoms with Crippen molar-refractivity contribution < 1.29 is 4.74 Å². The lowest BCUT2D eigenvalue weighted by Crippen LogP contribution is -2.26. The highest BCUT2D eigenvalue weighted by atomic mass is 79.9. The Hall–Kier alpha value is -0.580. The van der Waals surface area contributed by atoms with E-state index in [1.165, 1.54) is 5.52 Å². The zero-order valence-corrected chi connectivity index (χ0v) is 13.8. The number of benzene rings is 1. The zero-order chi connectivity index (χ0) is 14.1. The smallest absolute Gasteiger partial charge is 0.111 e. The molecule has 1 saturated heterocycles. The molecule has 1 aliphatic heterocycles. The van der Waals surface area contributed by atoms with Crippen molar-refractivity contribution in [3.63, 3.8) is 0 Å². The summed E-state index contributed by atoms with van der Waals surface area (Å²) in [7, 11) is 0. The Kier molecular flexibility index (Phi) is 4.34. The highest BCUT2D eigenvalue weighted by molar-refractivity contribution is 9.10. The van der Waals surface area contributed by atoms with Gasteiger partial charge in [-0.15, -0.1) is 11.6 Å². The van der Waals surface area contributed by atoms with Crippen molar-refractivity contribution in [1.29, 1.82) is 0 Å². The molecular formula is C15H18BrClN2O. The molecule has 5 heteroatoms. The summed E-state index contributed by atoms with van der Waals surface area (Å²) in [5.74, 6) is 1.69. The van der Waals surface area contributed by atoms with Gasteiger partial charge in [0.2, 0.25) is 0 Å². The molecule has 0 radical (unpaired) electrons. The lowest BCUT2D eigenvalue weighted by Gasteiger charge is -2.30. The summed E-state index contributed by atoms with van der Waals surface area (Å²) in [6, 6.07) is 6.71. The van der Waals surface area contributed by atoms with Crippen LogP contribution in [0.5, 0.6) is 0 Å². The fourth-order valence-electron chi connectivity index (χ4n) is 2.99. The van der Waals surface area contributed by atoms with E-state index in [4.69, 9.17) is 21.3 Å². The van der Waals surface area contributed by atoms with Crippen molar-refractivity contribution in [2.24, 2.45) is 0 Å². The first-order valence-electron chi connectivity index (χ1n) is 7.03. The molecule has 2 heterocycles. The number of hydrogen-bond acceptors (Lipinski definition) is 2. The van der Waals surface area contributed by atoms with Crippen LogP contribution in [0.15, 0.2) is 22.7 Å². The van der Waals surface area contributed by atoms with Gasteiger partial charge in [-0.05, 0) is 38.0 Å². The van der Waals surface area contributed by atoms with Crippen molar-refractivity contribution in [3.05, 3.63) is 28.5 Å². The maximum atomic E-state index is 5.95. The maximum absolute atomic E-state index is 5.95. The normalized spacial score (nSPS) is 23.4. The maximum Gasteiger partial charge on any atom is 0.111 e. The molecule has 0 N–H and O–H groups in total. The summed E-state index contributed by atoms with van der Waals surface area (Å²) in [4.78, 5) is 4.76. The van der Waals surface area contributed by atoms with Crippen LogP contribution in [-0.2, 0) is 11.2 Å². The summed E-state index contributed by atoms with van der Waals surface area (Å²) in [5, 5.41) is 0. The number of hydrogen-bond donors (Lipinski definition) is 0. The Bertz CT molecular complexity index is 613. The first-order chi connectivity index (χ1) is 9.69. The van der Waals surface area contributed by atoms with Crippen LogP contribution in [0, 0.1) is 0 Å². The molecule has 1 aliphatic rings. The van der Waals surface area contributed by atoms with E-state index in [0.717, 1.165) is 41.7 Å². The lowest BCUT2D eigenvalue weighted by atomic mass is 10.0. The van der Waals surface area contributed by atoms with Crippen molar-refractivity contribution in [2.45, 2.75) is 38.3 Å². The minimum atomic E-state index is 0.308. The van der Waals surface area contributed by atoms with Crippen LogP contribution >= 0.6 is 27.5 Å².